The molecule has 102 valence electrons. The Kier molecular flexibility index (Phi) is 5.74. The summed E-state index contributed by atoms with van der Waals surface area (Å²) in [5, 5.41) is 0. The first kappa shape index (κ1) is 15.7. The lowest BCUT2D eigenvalue weighted by atomic mass is 9.80. The van der Waals surface area contributed by atoms with Gasteiger partial charge < -0.3 is 0 Å². The molecule has 1 aromatic rings. The third-order valence-corrected chi connectivity index (χ3v) is 3.51. The van der Waals surface area contributed by atoms with Gasteiger partial charge in [-0.1, -0.05) is 73.9 Å². The smallest absolute Gasteiger partial charge is 0.0485 e. The van der Waals surface area contributed by atoms with Gasteiger partial charge in [-0.05, 0) is 23.1 Å². The molecule has 0 fully saturated rings. The average Bonchev–Trinajstić information content (AvgIpc) is 2.52. The lowest BCUT2D eigenvalue weighted by Crippen LogP contribution is -2.16. The van der Waals surface area contributed by atoms with E-state index in [1.807, 2.05) is 18.2 Å². The number of hydrogen-bond acceptors (Lipinski definition) is 0. The van der Waals surface area contributed by atoms with E-state index in [9.17, 15) is 0 Å². The average molecular weight is 262 g/mol. The third-order valence-electron chi connectivity index (χ3n) is 3.51. The molecule has 0 heteroatoms. The van der Waals surface area contributed by atoms with Crippen molar-refractivity contribution in [2.75, 3.05) is 0 Å². The number of allylic oxidation sites excluding steroid dienone is 7. The highest BCUT2D eigenvalue weighted by atomic mass is 14.2. The van der Waals surface area contributed by atoms with Gasteiger partial charge in [0.25, 0.3) is 0 Å². The molecule has 0 aromatic heterocycles. The van der Waals surface area contributed by atoms with Gasteiger partial charge in [0.1, 0.15) is 0 Å². The van der Waals surface area contributed by atoms with Gasteiger partial charge in [0, 0.05) is 5.41 Å². The standard InChI is InChI=1S/C20H22/c1-6-17(7-2)11-12-18-13-15-19(16-14-18)20(8-3,9-4)10-5/h6-11,13-16H,1-5,12H2. The zero-order valence-electron chi connectivity index (χ0n) is 12.0. The maximum atomic E-state index is 3.88. The molecule has 0 bridgehead atoms. The summed E-state index contributed by atoms with van der Waals surface area (Å²) in [6.45, 7) is 19.1. The molecule has 0 aliphatic carbocycles. The molecule has 0 N–H and O–H groups in total. The van der Waals surface area contributed by atoms with E-state index in [1.54, 1.807) is 12.2 Å². The van der Waals surface area contributed by atoms with Crippen LogP contribution in [-0.2, 0) is 11.8 Å². The second kappa shape index (κ2) is 7.30. The van der Waals surface area contributed by atoms with E-state index in [4.69, 9.17) is 0 Å². The van der Waals surface area contributed by atoms with Crippen LogP contribution in [0, 0.1) is 0 Å². The summed E-state index contributed by atoms with van der Waals surface area (Å²) in [5.41, 5.74) is 3.05. The maximum Gasteiger partial charge on any atom is 0.0485 e. The van der Waals surface area contributed by atoms with Crippen LogP contribution < -0.4 is 0 Å². The molecular formula is C20H22. The Hall–Kier alpha value is -2.34. The molecule has 0 amide bonds. The van der Waals surface area contributed by atoms with Crippen LogP contribution >= 0.6 is 0 Å². The highest BCUT2D eigenvalue weighted by Gasteiger charge is 2.20. The van der Waals surface area contributed by atoms with Gasteiger partial charge in [0.2, 0.25) is 0 Å². The Morgan fingerprint density at radius 1 is 0.850 bits per heavy atom. The van der Waals surface area contributed by atoms with Crippen LogP contribution in [0.5, 0.6) is 0 Å². The van der Waals surface area contributed by atoms with E-state index in [1.165, 1.54) is 5.56 Å². The first-order valence-corrected chi connectivity index (χ1v) is 6.61. The largest absolute Gasteiger partial charge is 0.102 e. The molecule has 0 spiro atoms. The molecule has 0 nitrogen and oxygen atoms in total. The predicted octanol–water partition coefficient (Wildman–Crippen LogP) is 5.32. The Morgan fingerprint density at radius 3 is 1.75 bits per heavy atom. The molecule has 0 radical (unpaired) electrons. The minimum Gasteiger partial charge on any atom is -0.102 e. The lowest BCUT2D eigenvalue weighted by Gasteiger charge is -2.23. The van der Waals surface area contributed by atoms with Crippen LogP contribution in [0.2, 0.25) is 0 Å². The maximum absolute atomic E-state index is 3.88. The van der Waals surface area contributed by atoms with E-state index < -0.39 is 0 Å². The first-order chi connectivity index (χ1) is 9.65. The molecule has 1 aromatic carbocycles. The molecule has 0 aliphatic rings. The topological polar surface area (TPSA) is 0 Å². The lowest BCUT2D eigenvalue weighted by molar-refractivity contribution is 0.863. The monoisotopic (exact) mass is 262 g/mol. The van der Waals surface area contributed by atoms with Crippen LogP contribution in [0.15, 0.2) is 99.2 Å². The van der Waals surface area contributed by atoms with E-state index in [0.717, 1.165) is 17.6 Å². The summed E-state index contributed by atoms with van der Waals surface area (Å²) in [6.07, 6.45) is 12.1. The van der Waals surface area contributed by atoms with Crippen LogP contribution in [0.1, 0.15) is 11.1 Å². The zero-order chi connectivity index (χ0) is 15.0. The summed E-state index contributed by atoms with van der Waals surface area (Å²) in [4.78, 5) is 0. The molecule has 20 heavy (non-hydrogen) atoms. The molecule has 1 rings (SSSR count). The van der Waals surface area contributed by atoms with E-state index in [-0.39, 0.29) is 5.41 Å². The Bertz CT molecular complexity index is 506. The molecule has 0 unspecified atom stereocenters. The Labute approximate surface area is 122 Å². The fraction of sp³-hybridized carbons (Fsp3) is 0.100. The molecular weight excluding hydrogens is 240 g/mol. The van der Waals surface area contributed by atoms with Crippen molar-refractivity contribution < 1.29 is 0 Å². The molecule has 0 saturated heterocycles. The van der Waals surface area contributed by atoms with E-state index in [0.29, 0.717) is 0 Å². The quantitative estimate of drug-likeness (QED) is 0.439. The van der Waals surface area contributed by atoms with Gasteiger partial charge >= 0.3 is 0 Å². The molecule has 0 saturated carbocycles. The summed E-state index contributed by atoms with van der Waals surface area (Å²) in [6, 6.07) is 8.41. The molecule has 0 aliphatic heterocycles. The van der Waals surface area contributed by atoms with Gasteiger partial charge in [0.05, 0.1) is 0 Å². The van der Waals surface area contributed by atoms with Crippen LogP contribution in [0.4, 0.5) is 0 Å². The number of hydrogen-bond donors (Lipinski definition) is 0. The fourth-order valence-electron chi connectivity index (χ4n) is 2.02. The molecule has 0 atom stereocenters. The summed E-state index contributed by atoms with van der Waals surface area (Å²) in [7, 11) is 0. The van der Waals surface area contributed by atoms with Crippen molar-refractivity contribution in [1.82, 2.24) is 0 Å². The van der Waals surface area contributed by atoms with Gasteiger partial charge in [-0.25, -0.2) is 0 Å². The highest BCUT2D eigenvalue weighted by molar-refractivity contribution is 5.42. The summed E-state index contributed by atoms with van der Waals surface area (Å²) >= 11 is 0. The van der Waals surface area contributed by atoms with E-state index >= 15 is 0 Å². The molecule has 0 heterocycles. The van der Waals surface area contributed by atoms with Crippen LogP contribution in [-0.4, -0.2) is 0 Å². The summed E-state index contributed by atoms with van der Waals surface area (Å²) < 4.78 is 0. The van der Waals surface area contributed by atoms with Gasteiger partial charge in [-0.3, -0.25) is 0 Å². The fourth-order valence-corrected chi connectivity index (χ4v) is 2.02. The minimum absolute atomic E-state index is 0.359. The summed E-state index contributed by atoms with van der Waals surface area (Å²) in [5.74, 6) is 0. The van der Waals surface area contributed by atoms with Gasteiger partial charge in [0.15, 0.2) is 0 Å². The SMILES string of the molecule is C=CC(C=C)=CCc1ccc(C(C=C)(C=C)C=C)cc1. The van der Waals surface area contributed by atoms with Crippen molar-refractivity contribution in [3.05, 3.63) is 110 Å². The predicted molar refractivity (Wildman–Crippen MR) is 90.9 cm³/mol. The second-order valence-electron chi connectivity index (χ2n) is 4.56. The van der Waals surface area contributed by atoms with Gasteiger partial charge in [-0.15, -0.1) is 19.7 Å². The minimum atomic E-state index is -0.359. The van der Waals surface area contributed by atoms with Crippen molar-refractivity contribution in [3.63, 3.8) is 0 Å². The highest BCUT2D eigenvalue weighted by Crippen LogP contribution is 2.28. The van der Waals surface area contributed by atoms with Crippen molar-refractivity contribution in [2.45, 2.75) is 11.8 Å². The van der Waals surface area contributed by atoms with Crippen molar-refractivity contribution in [3.8, 4) is 0 Å². The van der Waals surface area contributed by atoms with Crippen molar-refractivity contribution in [1.29, 1.82) is 0 Å². The van der Waals surface area contributed by atoms with E-state index in [2.05, 4.69) is 63.2 Å². The Balaban J connectivity index is 2.99. The first-order valence-electron chi connectivity index (χ1n) is 6.61. The van der Waals surface area contributed by atoms with Crippen LogP contribution in [0.3, 0.4) is 0 Å². The van der Waals surface area contributed by atoms with Gasteiger partial charge in [-0.2, -0.15) is 0 Å². The second-order valence-corrected chi connectivity index (χ2v) is 4.56. The third kappa shape index (κ3) is 3.36. The van der Waals surface area contributed by atoms with Crippen molar-refractivity contribution in [2.24, 2.45) is 0 Å². The normalized spacial score (nSPS) is 10.2. The number of rotatable bonds is 8. The van der Waals surface area contributed by atoms with Crippen LogP contribution in [0.25, 0.3) is 0 Å². The number of benzene rings is 1. The van der Waals surface area contributed by atoms with Crippen molar-refractivity contribution >= 4 is 0 Å². The zero-order valence-corrected chi connectivity index (χ0v) is 12.0. The Morgan fingerprint density at radius 2 is 1.35 bits per heavy atom.